The van der Waals surface area contributed by atoms with Crippen molar-refractivity contribution in [3.8, 4) is 0 Å². The lowest BCUT2D eigenvalue weighted by atomic mass is 10.0. The van der Waals surface area contributed by atoms with Crippen LogP contribution in [0, 0.1) is 13.8 Å². The molecule has 0 aliphatic heterocycles. The minimum atomic E-state index is -0.167. The van der Waals surface area contributed by atoms with Gasteiger partial charge in [0.2, 0.25) is 0 Å². The molecule has 22 heavy (non-hydrogen) atoms. The maximum atomic E-state index is 11.9. The van der Waals surface area contributed by atoms with Crippen LogP contribution in [0.2, 0.25) is 0 Å². The van der Waals surface area contributed by atoms with Crippen LogP contribution < -0.4 is 10.6 Å². The fourth-order valence-electron chi connectivity index (χ4n) is 2.59. The quantitative estimate of drug-likeness (QED) is 0.891. The fraction of sp³-hybridized carbons (Fsp3) is 0.412. The largest absolute Gasteiger partial charge is 0.337 e. The number of rotatable bonds is 5. The van der Waals surface area contributed by atoms with E-state index in [2.05, 4.69) is 47.7 Å². The molecular formula is C17H24N4O. The number of hydrogen-bond acceptors (Lipinski definition) is 2. The standard InChI is InChI=1S/C17H24N4O/c1-12-7-13(2)9-15(8-12)10-14(3)20-17(22)19-11-16-18-5-6-21(16)4/h5-9,14H,10-11H2,1-4H3,(H2,19,20,22)/t14-/m1/s1. The first-order valence-electron chi connectivity index (χ1n) is 7.52. The van der Waals surface area contributed by atoms with Crippen molar-refractivity contribution in [3.63, 3.8) is 0 Å². The Morgan fingerprint density at radius 3 is 2.55 bits per heavy atom. The minimum Gasteiger partial charge on any atom is -0.337 e. The smallest absolute Gasteiger partial charge is 0.315 e. The van der Waals surface area contributed by atoms with Crippen molar-refractivity contribution in [2.75, 3.05) is 0 Å². The van der Waals surface area contributed by atoms with E-state index >= 15 is 0 Å². The fourth-order valence-corrected chi connectivity index (χ4v) is 2.59. The molecule has 1 aromatic carbocycles. The maximum absolute atomic E-state index is 11.9. The number of carbonyl (C=O) groups excluding carboxylic acids is 1. The van der Waals surface area contributed by atoms with Gasteiger partial charge < -0.3 is 15.2 Å². The highest BCUT2D eigenvalue weighted by Crippen LogP contribution is 2.10. The Morgan fingerprint density at radius 1 is 1.27 bits per heavy atom. The van der Waals surface area contributed by atoms with Crippen molar-refractivity contribution in [1.29, 1.82) is 0 Å². The summed E-state index contributed by atoms with van der Waals surface area (Å²) in [6.45, 7) is 6.62. The molecule has 0 aliphatic carbocycles. The normalized spacial score (nSPS) is 12.0. The van der Waals surface area contributed by atoms with Crippen molar-refractivity contribution < 1.29 is 4.79 Å². The summed E-state index contributed by atoms with van der Waals surface area (Å²) in [5.74, 6) is 0.831. The average molecular weight is 300 g/mol. The lowest BCUT2D eigenvalue weighted by Gasteiger charge is -2.15. The number of nitrogens with one attached hydrogen (secondary N) is 2. The molecule has 0 aliphatic rings. The highest BCUT2D eigenvalue weighted by atomic mass is 16.2. The van der Waals surface area contributed by atoms with Gasteiger partial charge in [0.15, 0.2) is 0 Å². The zero-order chi connectivity index (χ0) is 16.1. The molecule has 5 heteroatoms. The van der Waals surface area contributed by atoms with Gasteiger partial charge in [0.05, 0.1) is 6.54 Å². The van der Waals surface area contributed by atoms with Gasteiger partial charge in [0.1, 0.15) is 5.82 Å². The zero-order valence-corrected chi connectivity index (χ0v) is 13.7. The lowest BCUT2D eigenvalue weighted by Crippen LogP contribution is -2.41. The van der Waals surface area contributed by atoms with Crippen molar-refractivity contribution >= 4 is 6.03 Å². The van der Waals surface area contributed by atoms with Gasteiger partial charge in [-0.05, 0) is 32.8 Å². The Labute approximate surface area is 131 Å². The van der Waals surface area contributed by atoms with Gasteiger partial charge in [-0.25, -0.2) is 9.78 Å². The Bertz CT molecular complexity index is 628. The van der Waals surface area contributed by atoms with E-state index in [4.69, 9.17) is 0 Å². The molecule has 2 aromatic rings. The van der Waals surface area contributed by atoms with Crippen LogP contribution in [0.1, 0.15) is 29.4 Å². The van der Waals surface area contributed by atoms with Gasteiger partial charge in [-0.1, -0.05) is 29.3 Å². The number of aromatic nitrogens is 2. The first-order chi connectivity index (χ1) is 10.4. The molecule has 0 bridgehead atoms. The molecule has 1 heterocycles. The van der Waals surface area contributed by atoms with E-state index in [0.717, 1.165) is 12.2 Å². The van der Waals surface area contributed by atoms with E-state index < -0.39 is 0 Å². The van der Waals surface area contributed by atoms with E-state index in [0.29, 0.717) is 6.54 Å². The molecule has 0 unspecified atom stereocenters. The number of amides is 2. The second kappa shape index (κ2) is 7.11. The lowest BCUT2D eigenvalue weighted by molar-refractivity contribution is 0.237. The van der Waals surface area contributed by atoms with Gasteiger partial charge in [-0.15, -0.1) is 0 Å². The third-order valence-electron chi connectivity index (χ3n) is 3.53. The SMILES string of the molecule is Cc1cc(C)cc(C[C@@H](C)NC(=O)NCc2nccn2C)c1. The summed E-state index contributed by atoms with van der Waals surface area (Å²) in [5, 5.41) is 5.79. The molecule has 0 saturated heterocycles. The number of imidazole rings is 1. The van der Waals surface area contributed by atoms with Gasteiger partial charge in [0.25, 0.3) is 0 Å². The third kappa shape index (κ3) is 4.62. The van der Waals surface area contributed by atoms with Crippen molar-refractivity contribution in [2.45, 2.75) is 39.8 Å². The van der Waals surface area contributed by atoms with Gasteiger partial charge >= 0.3 is 6.03 Å². The van der Waals surface area contributed by atoms with E-state index in [-0.39, 0.29) is 12.1 Å². The summed E-state index contributed by atoms with van der Waals surface area (Å²) in [4.78, 5) is 16.1. The second-order valence-corrected chi connectivity index (χ2v) is 5.88. The molecule has 0 radical (unpaired) electrons. The highest BCUT2D eigenvalue weighted by Gasteiger charge is 2.09. The molecule has 1 atom stereocenters. The van der Waals surface area contributed by atoms with E-state index in [1.54, 1.807) is 6.20 Å². The Hall–Kier alpha value is -2.30. The number of urea groups is 1. The van der Waals surface area contributed by atoms with Crippen LogP contribution in [0.15, 0.2) is 30.6 Å². The molecule has 5 nitrogen and oxygen atoms in total. The number of nitrogens with zero attached hydrogens (tertiary/aromatic N) is 2. The average Bonchev–Trinajstić information content (AvgIpc) is 2.80. The molecule has 2 rings (SSSR count). The van der Waals surface area contributed by atoms with Crippen LogP contribution >= 0.6 is 0 Å². The van der Waals surface area contributed by atoms with Gasteiger partial charge in [-0.2, -0.15) is 0 Å². The topological polar surface area (TPSA) is 59.0 Å². The van der Waals surface area contributed by atoms with Crippen LogP contribution in [0.5, 0.6) is 0 Å². The summed E-state index contributed by atoms with van der Waals surface area (Å²) < 4.78 is 1.89. The Kier molecular flexibility index (Phi) is 5.20. The number of carbonyl (C=O) groups is 1. The maximum Gasteiger partial charge on any atom is 0.315 e. The van der Waals surface area contributed by atoms with Crippen molar-refractivity contribution in [3.05, 3.63) is 53.1 Å². The predicted octanol–water partition coefficient (Wildman–Crippen LogP) is 2.47. The van der Waals surface area contributed by atoms with Crippen LogP contribution in [0.25, 0.3) is 0 Å². The molecule has 0 fully saturated rings. The van der Waals surface area contributed by atoms with E-state index in [1.165, 1.54) is 16.7 Å². The molecule has 2 N–H and O–H groups in total. The van der Waals surface area contributed by atoms with Crippen molar-refractivity contribution in [1.82, 2.24) is 20.2 Å². The number of aryl methyl sites for hydroxylation is 3. The highest BCUT2D eigenvalue weighted by molar-refractivity contribution is 5.74. The van der Waals surface area contributed by atoms with Crippen LogP contribution in [-0.2, 0) is 20.0 Å². The summed E-state index contributed by atoms with van der Waals surface area (Å²) in [6, 6.07) is 6.39. The molecule has 2 amide bonds. The monoisotopic (exact) mass is 300 g/mol. The summed E-state index contributed by atoms with van der Waals surface area (Å²) in [5.41, 5.74) is 3.75. The van der Waals surface area contributed by atoms with Gasteiger partial charge in [0, 0.05) is 25.5 Å². The first kappa shape index (κ1) is 16.1. The molecule has 1 aromatic heterocycles. The number of hydrogen-bond donors (Lipinski definition) is 2. The predicted molar refractivity (Wildman–Crippen MR) is 87.7 cm³/mol. The summed E-state index contributed by atoms with van der Waals surface area (Å²) in [7, 11) is 1.91. The third-order valence-corrected chi connectivity index (χ3v) is 3.53. The van der Waals surface area contributed by atoms with Crippen LogP contribution in [0.4, 0.5) is 4.79 Å². The Balaban J connectivity index is 1.82. The Morgan fingerprint density at radius 2 is 1.95 bits per heavy atom. The van der Waals surface area contributed by atoms with Crippen LogP contribution in [-0.4, -0.2) is 21.6 Å². The molecular weight excluding hydrogens is 276 g/mol. The van der Waals surface area contributed by atoms with Crippen LogP contribution in [0.3, 0.4) is 0 Å². The summed E-state index contributed by atoms with van der Waals surface area (Å²) in [6.07, 6.45) is 4.40. The van der Waals surface area contributed by atoms with Gasteiger partial charge in [-0.3, -0.25) is 0 Å². The molecule has 118 valence electrons. The second-order valence-electron chi connectivity index (χ2n) is 5.88. The minimum absolute atomic E-state index is 0.0718. The van der Waals surface area contributed by atoms with Crippen molar-refractivity contribution in [2.24, 2.45) is 7.05 Å². The van der Waals surface area contributed by atoms with E-state index in [9.17, 15) is 4.79 Å². The summed E-state index contributed by atoms with van der Waals surface area (Å²) >= 11 is 0. The zero-order valence-electron chi connectivity index (χ0n) is 13.7. The molecule has 0 saturated carbocycles. The van der Waals surface area contributed by atoms with E-state index in [1.807, 2.05) is 24.7 Å². The first-order valence-corrected chi connectivity index (χ1v) is 7.52. The number of benzene rings is 1. The molecule has 0 spiro atoms.